The van der Waals surface area contributed by atoms with Crippen LogP contribution in [-0.2, 0) is 4.79 Å². The molecule has 0 radical (unpaired) electrons. The highest BCUT2D eigenvalue weighted by atomic mass is 16.2. The summed E-state index contributed by atoms with van der Waals surface area (Å²) in [6, 6.07) is 0. The van der Waals surface area contributed by atoms with Gasteiger partial charge in [-0.1, -0.05) is 19.3 Å². The average Bonchev–Trinajstić information content (AvgIpc) is 3.13. The van der Waals surface area contributed by atoms with Crippen molar-refractivity contribution < 1.29 is 4.79 Å². The Balaban J connectivity index is 2.01. The van der Waals surface area contributed by atoms with E-state index in [1.54, 1.807) is 0 Å². The number of hydrogen-bond donors (Lipinski definition) is 2. The van der Waals surface area contributed by atoms with Crippen LogP contribution in [0.1, 0.15) is 58.8 Å². The third-order valence-electron chi connectivity index (χ3n) is 4.72. The molecular weight excluding hydrogens is 212 g/mol. The maximum Gasteiger partial charge on any atom is 0.227 e. The zero-order valence-electron chi connectivity index (χ0n) is 11.2. The molecule has 98 valence electrons. The zero-order chi connectivity index (χ0) is 12.5. The molecule has 3 nitrogen and oxygen atoms in total. The zero-order valence-corrected chi connectivity index (χ0v) is 11.2. The number of carbonyl (C=O) groups is 1. The van der Waals surface area contributed by atoms with E-state index in [1.165, 1.54) is 19.3 Å². The van der Waals surface area contributed by atoms with Gasteiger partial charge in [0, 0.05) is 12.1 Å². The Morgan fingerprint density at radius 3 is 2.35 bits per heavy atom. The Kier molecular flexibility index (Phi) is 3.48. The predicted molar refractivity (Wildman–Crippen MR) is 69.5 cm³/mol. The van der Waals surface area contributed by atoms with E-state index >= 15 is 0 Å². The lowest BCUT2D eigenvalue weighted by atomic mass is 9.73. The van der Waals surface area contributed by atoms with Crippen molar-refractivity contribution in [1.82, 2.24) is 5.32 Å². The maximum absolute atomic E-state index is 12.5. The smallest absolute Gasteiger partial charge is 0.227 e. The van der Waals surface area contributed by atoms with E-state index in [0.717, 1.165) is 25.7 Å². The lowest BCUT2D eigenvalue weighted by molar-refractivity contribution is -0.134. The molecule has 3 N–H and O–H groups in total. The maximum atomic E-state index is 12.5. The highest BCUT2D eigenvalue weighted by Crippen LogP contribution is 2.41. The first kappa shape index (κ1) is 12.9. The van der Waals surface area contributed by atoms with E-state index in [-0.39, 0.29) is 16.9 Å². The van der Waals surface area contributed by atoms with Crippen molar-refractivity contribution in [3.05, 3.63) is 0 Å². The molecule has 0 aliphatic heterocycles. The molecule has 0 atom stereocenters. The van der Waals surface area contributed by atoms with E-state index in [0.29, 0.717) is 12.5 Å². The van der Waals surface area contributed by atoms with Crippen LogP contribution in [0.3, 0.4) is 0 Å². The largest absolute Gasteiger partial charge is 0.350 e. The Bertz CT molecular complexity index is 289. The standard InChI is InChI=1S/C14H26N2O/c1-13(2,11-6-7-11)16-12(17)14(10-15)8-4-3-5-9-14/h11H,3-10,15H2,1-2H3,(H,16,17). The molecule has 0 bridgehead atoms. The molecule has 0 spiro atoms. The van der Waals surface area contributed by atoms with E-state index in [9.17, 15) is 4.79 Å². The van der Waals surface area contributed by atoms with Gasteiger partial charge in [0.2, 0.25) is 5.91 Å². The first-order valence-corrected chi connectivity index (χ1v) is 7.03. The second-order valence-corrected chi connectivity index (χ2v) is 6.50. The molecule has 2 fully saturated rings. The third kappa shape index (κ3) is 2.65. The van der Waals surface area contributed by atoms with Gasteiger partial charge in [-0.2, -0.15) is 0 Å². The van der Waals surface area contributed by atoms with E-state index in [4.69, 9.17) is 5.73 Å². The van der Waals surface area contributed by atoms with Crippen LogP contribution in [0, 0.1) is 11.3 Å². The molecule has 1 amide bonds. The fourth-order valence-electron chi connectivity index (χ4n) is 3.08. The van der Waals surface area contributed by atoms with Crippen LogP contribution in [-0.4, -0.2) is 18.0 Å². The summed E-state index contributed by atoms with van der Waals surface area (Å²) in [5.41, 5.74) is 5.57. The van der Waals surface area contributed by atoms with Crippen molar-refractivity contribution in [2.24, 2.45) is 17.1 Å². The summed E-state index contributed by atoms with van der Waals surface area (Å²) >= 11 is 0. The highest BCUT2D eigenvalue weighted by molar-refractivity contribution is 5.83. The van der Waals surface area contributed by atoms with Crippen molar-refractivity contribution in [3.8, 4) is 0 Å². The molecule has 2 rings (SSSR count). The molecule has 0 aromatic carbocycles. The van der Waals surface area contributed by atoms with Crippen LogP contribution < -0.4 is 11.1 Å². The summed E-state index contributed by atoms with van der Waals surface area (Å²) in [4.78, 5) is 12.5. The minimum Gasteiger partial charge on any atom is -0.350 e. The summed E-state index contributed by atoms with van der Waals surface area (Å²) < 4.78 is 0. The van der Waals surface area contributed by atoms with Gasteiger partial charge in [0.15, 0.2) is 0 Å². The Labute approximate surface area is 105 Å². The quantitative estimate of drug-likeness (QED) is 0.789. The van der Waals surface area contributed by atoms with Crippen molar-refractivity contribution in [2.45, 2.75) is 64.3 Å². The van der Waals surface area contributed by atoms with Crippen molar-refractivity contribution in [3.63, 3.8) is 0 Å². The normalized spacial score (nSPS) is 24.4. The number of nitrogens with one attached hydrogen (secondary N) is 1. The second-order valence-electron chi connectivity index (χ2n) is 6.50. The van der Waals surface area contributed by atoms with Gasteiger partial charge < -0.3 is 11.1 Å². The lowest BCUT2D eigenvalue weighted by Crippen LogP contribution is -2.54. The van der Waals surface area contributed by atoms with E-state index in [2.05, 4.69) is 19.2 Å². The highest BCUT2D eigenvalue weighted by Gasteiger charge is 2.44. The van der Waals surface area contributed by atoms with Crippen molar-refractivity contribution in [1.29, 1.82) is 0 Å². The first-order valence-electron chi connectivity index (χ1n) is 7.03. The molecule has 3 heteroatoms. The van der Waals surface area contributed by atoms with Crippen LogP contribution in [0.15, 0.2) is 0 Å². The Hall–Kier alpha value is -0.570. The molecule has 0 saturated heterocycles. The third-order valence-corrected chi connectivity index (χ3v) is 4.72. The molecule has 17 heavy (non-hydrogen) atoms. The molecule has 2 aliphatic carbocycles. The Morgan fingerprint density at radius 2 is 1.88 bits per heavy atom. The molecule has 0 unspecified atom stereocenters. The van der Waals surface area contributed by atoms with Gasteiger partial charge in [0.25, 0.3) is 0 Å². The Morgan fingerprint density at radius 1 is 1.29 bits per heavy atom. The summed E-state index contributed by atoms with van der Waals surface area (Å²) in [7, 11) is 0. The van der Waals surface area contributed by atoms with Gasteiger partial charge in [-0.25, -0.2) is 0 Å². The van der Waals surface area contributed by atoms with Crippen LogP contribution in [0.25, 0.3) is 0 Å². The van der Waals surface area contributed by atoms with E-state index in [1.807, 2.05) is 0 Å². The van der Waals surface area contributed by atoms with Crippen LogP contribution in [0.5, 0.6) is 0 Å². The molecule has 0 heterocycles. The second kappa shape index (κ2) is 4.60. The fourth-order valence-corrected chi connectivity index (χ4v) is 3.08. The van der Waals surface area contributed by atoms with Crippen LogP contribution >= 0.6 is 0 Å². The molecule has 0 aromatic rings. The van der Waals surface area contributed by atoms with E-state index < -0.39 is 0 Å². The number of carbonyl (C=O) groups excluding carboxylic acids is 1. The topological polar surface area (TPSA) is 55.1 Å². The SMILES string of the molecule is CC(C)(NC(=O)C1(CN)CCCCC1)C1CC1. The number of amides is 1. The van der Waals surface area contributed by atoms with Gasteiger partial charge in [-0.15, -0.1) is 0 Å². The minimum atomic E-state index is -0.273. The van der Waals surface area contributed by atoms with Crippen molar-refractivity contribution >= 4 is 5.91 Å². The number of nitrogens with two attached hydrogens (primary N) is 1. The van der Waals surface area contributed by atoms with Crippen LogP contribution in [0.4, 0.5) is 0 Å². The summed E-state index contributed by atoms with van der Waals surface area (Å²) in [6.07, 6.45) is 7.99. The minimum absolute atomic E-state index is 0.0449. The molecule has 2 saturated carbocycles. The van der Waals surface area contributed by atoms with Gasteiger partial charge in [-0.05, 0) is 45.4 Å². The average molecular weight is 238 g/mol. The summed E-state index contributed by atoms with van der Waals surface area (Å²) in [5.74, 6) is 0.876. The van der Waals surface area contributed by atoms with Gasteiger partial charge in [-0.3, -0.25) is 4.79 Å². The number of rotatable bonds is 4. The predicted octanol–water partition coefficient (Wildman–Crippen LogP) is 2.20. The molecule has 2 aliphatic rings. The van der Waals surface area contributed by atoms with Gasteiger partial charge in [0.1, 0.15) is 0 Å². The fraction of sp³-hybridized carbons (Fsp3) is 0.929. The summed E-state index contributed by atoms with van der Waals surface area (Å²) in [6.45, 7) is 4.80. The molecular formula is C14H26N2O. The van der Waals surface area contributed by atoms with Gasteiger partial charge >= 0.3 is 0 Å². The first-order chi connectivity index (χ1) is 8.00. The number of hydrogen-bond acceptors (Lipinski definition) is 2. The van der Waals surface area contributed by atoms with Crippen LogP contribution in [0.2, 0.25) is 0 Å². The lowest BCUT2D eigenvalue weighted by Gasteiger charge is -2.38. The monoisotopic (exact) mass is 238 g/mol. The molecule has 0 aromatic heterocycles. The summed E-state index contributed by atoms with van der Waals surface area (Å²) in [5, 5.41) is 3.26. The van der Waals surface area contributed by atoms with Gasteiger partial charge in [0.05, 0.1) is 5.41 Å². The van der Waals surface area contributed by atoms with Crippen molar-refractivity contribution in [2.75, 3.05) is 6.54 Å².